The van der Waals surface area contributed by atoms with Crippen molar-refractivity contribution in [3.63, 3.8) is 0 Å². The highest BCUT2D eigenvalue weighted by Crippen LogP contribution is 2.28. The first kappa shape index (κ1) is 17.4. The molecule has 0 aliphatic carbocycles. The number of hydrogen-bond acceptors (Lipinski definition) is 4. The van der Waals surface area contributed by atoms with Crippen LogP contribution in [0.3, 0.4) is 0 Å². The van der Waals surface area contributed by atoms with Gasteiger partial charge < -0.3 is 10.8 Å². The monoisotopic (exact) mass is 322 g/mol. The van der Waals surface area contributed by atoms with Crippen LogP contribution in [0.15, 0.2) is 36.7 Å². The molecule has 0 bridgehead atoms. The lowest BCUT2D eigenvalue weighted by atomic mass is 10.1. The molecule has 0 fully saturated rings. The molecule has 0 amide bonds. The standard InChI is InChI=1S/C17H16N4O.C2H6/c1-2-3-4-7-12-10-21-11-14(19-17(21)20-16(12)18)13-8-5-6-9-15(13)22;1-2/h5-6,8-11,22H,2-3H2,1H3,(H2,18,19,20);1-2H3. The molecule has 3 rings (SSSR count). The second-order valence-corrected chi connectivity index (χ2v) is 4.94. The summed E-state index contributed by atoms with van der Waals surface area (Å²) in [4.78, 5) is 8.68. The van der Waals surface area contributed by atoms with Crippen molar-refractivity contribution in [1.82, 2.24) is 14.4 Å². The van der Waals surface area contributed by atoms with E-state index in [0.29, 0.717) is 28.4 Å². The number of unbranched alkanes of at least 4 members (excludes halogenated alkanes) is 1. The van der Waals surface area contributed by atoms with Gasteiger partial charge in [-0.05, 0) is 18.6 Å². The van der Waals surface area contributed by atoms with Gasteiger partial charge in [0.2, 0.25) is 5.78 Å². The van der Waals surface area contributed by atoms with E-state index >= 15 is 0 Å². The number of phenolic OH excluding ortho intramolecular Hbond substituents is 1. The average molecular weight is 322 g/mol. The maximum Gasteiger partial charge on any atom is 0.236 e. The molecular weight excluding hydrogens is 300 g/mol. The van der Waals surface area contributed by atoms with Gasteiger partial charge >= 0.3 is 0 Å². The van der Waals surface area contributed by atoms with E-state index in [0.717, 1.165) is 12.8 Å². The van der Waals surface area contributed by atoms with Gasteiger partial charge in [0.25, 0.3) is 0 Å². The van der Waals surface area contributed by atoms with Gasteiger partial charge in [0.05, 0.1) is 11.3 Å². The summed E-state index contributed by atoms with van der Waals surface area (Å²) < 4.78 is 1.77. The van der Waals surface area contributed by atoms with Crippen LogP contribution in [0.2, 0.25) is 0 Å². The lowest BCUT2D eigenvalue weighted by molar-refractivity contribution is 0.477. The Morgan fingerprint density at radius 2 is 1.92 bits per heavy atom. The third-order valence-electron chi connectivity index (χ3n) is 3.26. The lowest BCUT2D eigenvalue weighted by Gasteiger charge is -1.98. The molecule has 5 heteroatoms. The minimum atomic E-state index is 0.182. The van der Waals surface area contributed by atoms with Crippen LogP contribution < -0.4 is 5.73 Å². The molecule has 2 heterocycles. The number of fused-ring (bicyclic) bond motifs is 1. The van der Waals surface area contributed by atoms with Crippen LogP contribution >= 0.6 is 0 Å². The summed E-state index contributed by atoms with van der Waals surface area (Å²) in [5.74, 6) is 7.12. The molecule has 0 unspecified atom stereocenters. The first-order chi connectivity index (χ1) is 11.7. The first-order valence-corrected chi connectivity index (χ1v) is 8.11. The predicted molar refractivity (Wildman–Crippen MR) is 97.6 cm³/mol. The summed E-state index contributed by atoms with van der Waals surface area (Å²) in [6.45, 7) is 6.08. The Morgan fingerprint density at radius 3 is 2.62 bits per heavy atom. The SMILES string of the molecule is CC.CCCC#Cc1cn2cc(-c3ccccc3O)nc2nc1N. The van der Waals surface area contributed by atoms with Crippen LogP contribution in [-0.2, 0) is 0 Å². The lowest BCUT2D eigenvalue weighted by Crippen LogP contribution is -1.99. The van der Waals surface area contributed by atoms with E-state index in [9.17, 15) is 5.11 Å². The Labute approximate surface area is 142 Å². The Balaban J connectivity index is 0.00000100. The van der Waals surface area contributed by atoms with Gasteiger partial charge in [-0.3, -0.25) is 4.40 Å². The molecule has 124 valence electrons. The number of imidazole rings is 1. The van der Waals surface area contributed by atoms with Gasteiger partial charge in [-0.15, -0.1) is 0 Å². The second-order valence-electron chi connectivity index (χ2n) is 4.94. The maximum absolute atomic E-state index is 9.92. The number of rotatable bonds is 2. The first-order valence-electron chi connectivity index (χ1n) is 8.11. The van der Waals surface area contributed by atoms with Gasteiger partial charge in [-0.1, -0.05) is 44.7 Å². The van der Waals surface area contributed by atoms with Crippen LogP contribution in [0.1, 0.15) is 39.2 Å². The number of aromatic hydroxyl groups is 1. The summed E-state index contributed by atoms with van der Waals surface area (Å²) >= 11 is 0. The quantitative estimate of drug-likeness (QED) is 0.702. The zero-order chi connectivity index (χ0) is 17.5. The van der Waals surface area contributed by atoms with Crippen molar-refractivity contribution in [2.75, 3.05) is 5.73 Å². The normalized spacial score (nSPS) is 9.79. The molecule has 0 spiro atoms. The molecule has 3 aromatic rings. The van der Waals surface area contributed by atoms with Crippen LogP contribution in [0.25, 0.3) is 17.0 Å². The number of benzene rings is 1. The van der Waals surface area contributed by atoms with E-state index < -0.39 is 0 Å². The summed E-state index contributed by atoms with van der Waals surface area (Å²) in [6.07, 6.45) is 5.45. The molecule has 5 nitrogen and oxygen atoms in total. The topological polar surface area (TPSA) is 76.4 Å². The number of phenols is 1. The molecule has 1 aromatic carbocycles. The number of nitrogen functional groups attached to an aromatic ring is 1. The molecule has 0 aliphatic heterocycles. The third-order valence-corrected chi connectivity index (χ3v) is 3.26. The summed E-state index contributed by atoms with van der Waals surface area (Å²) in [5, 5.41) is 9.92. The number of nitrogens with zero attached hydrogens (tertiary/aromatic N) is 3. The largest absolute Gasteiger partial charge is 0.507 e. The number of nitrogens with two attached hydrogens (primary N) is 1. The van der Waals surface area contributed by atoms with Gasteiger partial charge in [0, 0.05) is 24.4 Å². The van der Waals surface area contributed by atoms with Crippen LogP contribution in [-0.4, -0.2) is 19.5 Å². The van der Waals surface area contributed by atoms with Crippen molar-refractivity contribution >= 4 is 11.6 Å². The van der Waals surface area contributed by atoms with E-state index in [4.69, 9.17) is 5.73 Å². The van der Waals surface area contributed by atoms with E-state index in [1.807, 2.05) is 38.4 Å². The van der Waals surface area contributed by atoms with Crippen LogP contribution in [0, 0.1) is 11.8 Å². The van der Waals surface area contributed by atoms with E-state index in [2.05, 4.69) is 28.7 Å². The smallest absolute Gasteiger partial charge is 0.236 e. The fourth-order valence-electron chi connectivity index (χ4n) is 2.13. The predicted octanol–water partition coefficient (Wildman–Crippen LogP) is 3.86. The number of para-hydroxylation sites is 1. The fraction of sp³-hybridized carbons (Fsp3) is 0.263. The number of hydrogen-bond donors (Lipinski definition) is 2. The summed E-state index contributed by atoms with van der Waals surface area (Å²) in [5.41, 5.74) is 7.91. The molecular formula is C19H22N4O. The zero-order valence-corrected chi connectivity index (χ0v) is 14.2. The van der Waals surface area contributed by atoms with E-state index in [1.165, 1.54) is 0 Å². The number of aromatic nitrogens is 3. The maximum atomic E-state index is 9.92. The van der Waals surface area contributed by atoms with E-state index in [-0.39, 0.29) is 5.75 Å². The minimum absolute atomic E-state index is 0.182. The highest BCUT2D eigenvalue weighted by molar-refractivity contribution is 5.68. The fourth-order valence-corrected chi connectivity index (χ4v) is 2.13. The second kappa shape index (κ2) is 8.02. The van der Waals surface area contributed by atoms with Crippen molar-refractivity contribution in [2.45, 2.75) is 33.6 Å². The van der Waals surface area contributed by atoms with Crippen molar-refractivity contribution in [2.24, 2.45) is 0 Å². The van der Waals surface area contributed by atoms with Crippen molar-refractivity contribution < 1.29 is 5.11 Å². The minimum Gasteiger partial charge on any atom is -0.507 e. The van der Waals surface area contributed by atoms with Gasteiger partial charge in [-0.25, -0.2) is 4.98 Å². The summed E-state index contributed by atoms with van der Waals surface area (Å²) in [6, 6.07) is 7.06. The van der Waals surface area contributed by atoms with E-state index in [1.54, 1.807) is 16.5 Å². The molecule has 0 saturated heterocycles. The van der Waals surface area contributed by atoms with Gasteiger partial charge in [0.15, 0.2) is 0 Å². The Morgan fingerprint density at radius 1 is 1.17 bits per heavy atom. The molecule has 0 atom stereocenters. The Hall–Kier alpha value is -3.00. The van der Waals surface area contributed by atoms with Crippen molar-refractivity contribution in [3.8, 4) is 28.8 Å². The summed E-state index contributed by atoms with van der Waals surface area (Å²) in [7, 11) is 0. The average Bonchev–Trinajstić information content (AvgIpc) is 3.00. The highest BCUT2D eigenvalue weighted by Gasteiger charge is 2.10. The van der Waals surface area contributed by atoms with Crippen LogP contribution in [0.5, 0.6) is 5.75 Å². The van der Waals surface area contributed by atoms with Crippen molar-refractivity contribution in [3.05, 3.63) is 42.2 Å². The Bertz CT molecular complexity index is 887. The molecule has 24 heavy (non-hydrogen) atoms. The molecule has 3 N–H and O–H groups in total. The third kappa shape index (κ3) is 3.66. The van der Waals surface area contributed by atoms with Gasteiger partial charge in [-0.2, -0.15) is 4.98 Å². The molecule has 0 radical (unpaired) electrons. The van der Waals surface area contributed by atoms with Gasteiger partial charge in [0.1, 0.15) is 11.6 Å². The number of anilines is 1. The molecule has 2 aromatic heterocycles. The molecule has 0 aliphatic rings. The Kier molecular flexibility index (Phi) is 5.80. The van der Waals surface area contributed by atoms with Crippen LogP contribution in [0.4, 0.5) is 5.82 Å². The zero-order valence-electron chi connectivity index (χ0n) is 14.2. The highest BCUT2D eigenvalue weighted by atomic mass is 16.3. The van der Waals surface area contributed by atoms with Crippen molar-refractivity contribution in [1.29, 1.82) is 0 Å². The molecule has 0 saturated carbocycles.